The number of aromatic amines is 1. The standard InChI is InChI=1S/C24H38N2O3S/c1-2-3-4-5-6-7-8-9-10-11-12-13-14-15-16-17-24-25-22-19-18-21(30(27,28)29)20-23(22)26-24/h16-20H,2-15H2,1H3,(H,25,26)(H,27,28,29)/b17-16+. The van der Waals surface area contributed by atoms with Crippen molar-refractivity contribution in [1.29, 1.82) is 0 Å². The van der Waals surface area contributed by atoms with Crippen molar-refractivity contribution in [3.8, 4) is 0 Å². The molecule has 1 aromatic heterocycles. The van der Waals surface area contributed by atoms with Gasteiger partial charge in [0.1, 0.15) is 5.82 Å². The Morgan fingerprint density at radius 1 is 0.900 bits per heavy atom. The van der Waals surface area contributed by atoms with Crippen LogP contribution in [0.25, 0.3) is 17.1 Å². The second-order valence-corrected chi connectivity index (χ2v) is 9.63. The molecule has 30 heavy (non-hydrogen) atoms. The van der Waals surface area contributed by atoms with Crippen molar-refractivity contribution in [3.63, 3.8) is 0 Å². The summed E-state index contributed by atoms with van der Waals surface area (Å²) in [7, 11) is -4.19. The Hall–Kier alpha value is -1.66. The molecular weight excluding hydrogens is 396 g/mol. The molecule has 0 unspecified atom stereocenters. The van der Waals surface area contributed by atoms with Crippen molar-refractivity contribution in [1.82, 2.24) is 9.97 Å². The number of H-pyrrole nitrogens is 1. The molecule has 0 bridgehead atoms. The highest BCUT2D eigenvalue weighted by Crippen LogP contribution is 2.18. The van der Waals surface area contributed by atoms with Crippen molar-refractivity contribution < 1.29 is 13.0 Å². The highest BCUT2D eigenvalue weighted by atomic mass is 32.2. The highest BCUT2D eigenvalue weighted by Gasteiger charge is 2.11. The van der Waals surface area contributed by atoms with Gasteiger partial charge in [-0.1, -0.05) is 90.0 Å². The molecule has 1 aromatic carbocycles. The van der Waals surface area contributed by atoms with Crippen LogP contribution in [-0.2, 0) is 10.1 Å². The Bertz CT molecular complexity index is 872. The Morgan fingerprint density at radius 3 is 2.03 bits per heavy atom. The smallest absolute Gasteiger partial charge is 0.294 e. The van der Waals surface area contributed by atoms with Crippen molar-refractivity contribution in [2.45, 2.75) is 102 Å². The first-order valence-electron chi connectivity index (χ1n) is 11.6. The summed E-state index contributed by atoms with van der Waals surface area (Å²) in [6.07, 6.45) is 22.7. The predicted octanol–water partition coefficient (Wildman–Crippen LogP) is 7.30. The molecular formula is C24H38N2O3S. The molecule has 0 aliphatic heterocycles. The zero-order valence-electron chi connectivity index (χ0n) is 18.4. The summed E-state index contributed by atoms with van der Waals surface area (Å²) in [6, 6.07) is 4.36. The zero-order valence-corrected chi connectivity index (χ0v) is 19.2. The third-order valence-electron chi connectivity index (χ3n) is 5.52. The van der Waals surface area contributed by atoms with E-state index in [1.807, 2.05) is 6.08 Å². The second-order valence-electron chi connectivity index (χ2n) is 8.21. The third kappa shape index (κ3) is 9.43. The van der Waals surface area contributed by atoms with E-state index in [1.54, 1.807) is 6.07 Å². The van der Waals surface area contributed by atoms with E-state index in [2.05, 4.69) is 23.0 Å². The molecule has 2 aromatic rings. The third-order valence-corrected chi connectivity index (χ3v) is 6.37. The van der Waals surface area contributed by atoms with E-state index in [4.69, 9.17) is 4.55 Å². The van der Waals surface area contributed by atoms with Gasteiger partial charge >= 0.3 is 0 Å². The predicted molar refractivity (Wildman–Crippen MR) is 125 cm³/mol. The number of fused-ring (bicyclic) bond motifs is 1. The van der Waals surface area contributed by atoms with Crippen LogP contribution in [0.15, 0.2) is 29.2 Å². The van der Waals surface area contributed by atoms with E-state index in [9.17, 15) is 8.42 Å². The van der Waals surface area contributed by atoms with Gasteiger partial charge in [-0.15, -0.1) is 0 Å². The number of allylic oxidation sites excluding steroid dienone is 1. The SMILES string of the molecule is CCCCCCCCCCCCCCC/C=C/c1nc2ccc(S(=O)(=O)O)cc2[nH]1. The molecule has 2 N–H and O–H groups in total. The molecule has 6 heteroatoms. The van der Waals surface area contributed by atoms with Crippen molar-refractivity contribution in [2.24, 2.45) is 0 Å². The fourth-order valence-electron chi connectivity index (χ4n) is 3.72. The summed E-state index contributed by atoms with van der Waals surface area (Å²) in [5.41, 5.74) is 1.29. The fraction of sp³-hybridized carbons (Fsp3) is 0.625. The van der Waals surface area contributed by atoms with Gasteiger partial charge in [-0.05, 0) is 37.1 Å². The molecule has 168 valence electrons. The van der Waals surface area contributed by atoms with E-state index in [-0.39, 0.29) is 4.90 Å². The van der Waals surface area contributed by atoms with Crippen LogP contribution in [0.5, 0.6) is 0 Å². The summed E-state index contributed by atoms with van der Waals surface area (Å²) in [5.74, 6) is 0.701. The number of rotatable bonds is 16. The lowest BCUT2D eigenvalue weighted by Gasteiger charge is -2.02. The minimum absolute atomic E-state index is 0.124. The van der Waals surface area contributed by atoms with Crippen LogP contribution in [0.2, 0.25) is 0 Å². The topological polar surface area (TPSA) is 83.1 Å². The van der Waals surface area contributed by atoms with Gasteiger partial charge in [-0.2, -0.15) is 8.42 Å². The van der Waals surface area contributed by atoms with Gasteiger partial charge in [0, 0.05) is 0 Å². The molecule has 0 radical (unpaired) electrons. The van der Waals surface area contributed by atoms with E-state index >= 15 is 0 Å². The van der Waals surface area contributed by atoms with E-state index < -0.39 is 10.1 Å². The number of benzene rings is 1. The lowest BCUT2D eigenvalue weighted by Crippen LogP contribution is -1.97. The second kappa shape index (κ2) is 13.6. The number of nitrogens with one attached hydrogen (secondary N) is 1. The van der Waals surface area contributed by atoms with E-state index in [1.165, 1.54) is 95.6 Å². The number of aromatic nitrogens is 2. The van der Waals surface area contributed by atoms with Gasteiger partial charge in [-0.25, -0.2) is 4.98 Å². The van der Waals surface area contributed by atoms with Crippen LogP contribution >= 0.6 is 0 Å². The Kier molecular flexibility index (Phi) is 11.2. The summed E-state index contributed by atoms with van der Waals surface area (Å²) >= 11 is 0. The van der Waals surface area contributed by atoms with Crippen LogP contribution in [0.3, 0.4) is 0 Å². The van der Waals surface area contributed by atoms with Crippen molar-refractivity contribution in [2.75, 3.05) is 0 Å². The maximum atomic E-state index is 11.2. The van der Waals surface area contributed by atoms with Crippen LogP contribution in [0, 0.1) is 0 Å². The normalized spacial score (nSPS) is 12.3. The van der Waals surface area contributed by atoms with Gasteiger partial charge in [0.2, 0.25) is 0 Å². The lowest BCUT2D eigenvalue weighted by molar-refractivity contribution is 0.483. The molecule has 0 atom stereocenters. The van der Waals surface area contributed by atoms with Gasteiger partial charge in [0.05, 0.1) is 15.9 Å². The molecule has 0 aliphatic rings. The van der Waals surface area contributed by atoms with Crippen LogP contribution in [0.1, 0.15) is 103 Å². The molecule has 0 aliphatic carbocycles. The van der Waals surface area contributed by atoms with E-state index in [0.29, 0.717) is 16.9 Å². The van der Waals surface area contributed by atoms with E-state index in [0.717, 1.165) is 6.42 Å². The first-order chi connectivity index (χ1) is 14.5. The molecule has 0 fully saturated rings. The van der Waals surface area contributed by atoms with Crippen LogP contribution < -0.4 is 0 Å². The molecule has 5 nitrogen and oxygen atoms in total. The van der Waals surface area contributed by atoms with Crippen LogP contribution in [0.4, 0.5) is 0 Å². The van der Waals surface area contributed by atoms with Crippen molar-refractivity contribution >= 4 is 27.2 Å². The number of hydrogen-bond acceptors (Lipinski definition) is 3. The zero-order chi connectivity index (χ0) is 21.7. The summed E-state index contributed by atoms with van der Waals surface area (Å²) in [6.45, 7) is 2.27. The van der Waals surface area contributed by atoms with Crippen molar-refractivity contribution in [3.05, 3.63) is 30.1 Å². The monoisotopic (exact) mass is 434 g/mol. The maximum absolute atomic E-state index is 11.2. The van der Waals surface area contributed by atoms with Gasteiger partial charge < -0.3 is 4.98 Å². The maximum Gasteiger partial charge on any atom is 0.294 e. The van der Waals surface area contributed by atoms with Gasteiger partial charge in [0.15, 0.2) is 0 Å². The number of hydrogen-bond donors (Lipinski definition) is 2. The molecule has 2 rings (SSSR count). The molecule has 0 saturated heterocycles. The largest absolute Gasteiger partial charge is 0.338 e. The first-order valence-corrected chi connectivity index (χ1v) is 13.1. The molecule has 0 saturated carbocycles. The molecule has 0 amide bonds. The minimum atomic E-state index is -4.19. The average Bonchev–Trinajstić information content (AvgIpc) is 3.12. The fourth-order valence-corrected chi connectivity index (χ4v) is 4.23. The highest BCUT2D eigenvalue weighted by molar-refractivity contribution is 7.85. The summed E-state index contributed by atoms with van der Waals surface area (Å²) < 4.78 is 31.6. The first kappa shape index (κ1) is 24.6. The Balaban J connectivity index is 1.53. The lowest BCUT2D eigenvalue weighted by atomic mass is 10.0. The summed E-state index contributed by atoms with van der Waals surface area (Å²) in [5, 5.41) is 0. The number of unbranched alkanes of at least 4 members (excludes halogenated alkanes) is 13. The van der Waals surface area contributed by atoms with Gasteiger partial charge in [-0.3, -0.25) is 4.55 Å². The molecule has 0 spiro atoms. The Morgan fingerprint density at radius 2 is 1.47 bits per heavy atom. The Labute approximate surface area is 182 Å². The number of imidazole rings is 1. The average molecular weight is 435 g/mol. The van der Waals surface area contributed by atoms with Crippen LogP contribution in [-0.4, -0.2) is 22.9 Å². The summed E-state index contributed by atoms with van der Waals surface area (Å²) in [4.78, 5) is 7.38. The minimum Gasteiger partial charge on any atom is -0.338 e. The number of nitrogens with zero attached hydrogens (tertiary/aromatic N) is 1. The quantitative estimate of drug-likeness (QED) is 0.214. The molecule has 1 heterocycles. The van der Waals surface area contributed by atoms with Gasteiger partial charge in [0.25, 0.3) is 10.1 Å².